The van der Waals surface area contributed by atoms with Gasteiger partial charge in [-0.25, -0.2) is 0 Å². The number of rotatable bonds is 8. The first-order chi connectivity index (χ1) is 10.2. The summed E-state index contributed by atoms with van der Waals surface area (Å²) in [5, 5.41) is 12.9. The Morgan fingerprint density at radius 1 is 1.24 bits per heavy atom. The van der Waals surface area contributed by atoms with Crippen molar-refractivity contribution in [3.8, 4) is 0 Å². The summed E-state index contributed by atoms with van der Waals surface area (Å²) in [6, 6.07) is 3.06. The molecule has 0 aromatic carbocycles. The van der Waals surface area contributed by atoms with E-state index in [9.17, 15) is 0 Å². The van der Waals surface area contributed by atoms with E-state index in [1.807, 2.05) is 0 Å². The number of aromatic nitrogens is 2. The van der Waals surface area contributed by atoms with Gasteiger partial charge in [0.25, 0.3) is 0 Å². The summed E-state index contributed by atoms with van der Waals surface area (Å²) in [6.07, 6.45) is 5.37. The van der Waals surface area contributed by atoms with Crippen molar-refractivity contribution in [1.82, 2.24) is 15.1 Å². The molecular weight excluding hydrogens is 278 g/mol. The van der Waals surface area contributed by atoms with Crippen LogP contribution in [0.15, 0.2) is 23.0 Å². The van der Waals surface area contributed by atoms with Crippen molar-refractivity contribution in [3.63, 3.8) is 0 Å². The predicted octanol–water partition coefficient (Wildman–Crippen LogP) is 4.51. The van der Waals surface area contributed by atoms with E-state index in [0.29, 0.717) is 12.1 Å². The molecule has 116 valence electrons. The molecule has 0 aliphatic rings. The summed E-state index contributed by atoms with van der Waals surface area (Å²) in [6.45, 7) is 9.79. The van der Waals surface area contributed by atoms with Gasteiger partial charge >= 0.3 is 0 Å². The monoisotopic (exact) mass is 305 g/mol. The lowest BCUT2D eigenvalue weighted by atomic mass is 10.0. The lowest BCUT2D eigenvalue weighted by Gasteiger charge is -2.17. The summed E-state index contributed by atoms with van der Waals surface area (Å²) in [5.41, 5.74) is 3.97. The smallest absolute Gasteiger partial charge is 0.0643 e. The molecule has 2 aromatic rings. The number of nitrogens with one attached hydrogen (secondary N) is 1. The fraction of sp³-hybridized carbons (Fsp3) is 0.588. The van der Waals surface area contributed by atoms with Gasteiger partial charge in [-0.05, 0) is 54.3 Å². The predicted molar refractivity (Wildman–Crippen MR) is 91.0 cm³/mol. The second kappa shape index (κ2) is 7.76. The maximum absolute atomic E-state index is 4.79. The molecule has 0 aliphatic heterocycles. The zero-order valence-corrected chi connectivity index (χ0v) is 14.4. The van der Waals surface area contributed by atoms with E-state index >= 15 is 0 Å². The van der Waals surface area contributed by atoms with Crippen molar-refractivity contribution in [3.05, 3.63) is 39.8 Å². The van der Waals surface area contributed by atoms with Gasteiger partial charge < -0.3 is 5.32 Å². The fourth-order valence-corrected chi connectivity index (χ4v) is 3.73. The number of aryl methyl sites for hydroxylation is 1. The zero-order chi connectivity index (χ0) is 15.2. The molecule has 4 heteroatoms. The average Bonchev–Trinajstić information content (AvgIpc) is 3.09. The first kappa shape index (κ1) is 16.2. The Labute approximate surface area is 132 Å². The molecule has 2 heterocycles. The molecular formula is C17H27N3S. The molecule has 3 nitrogen and oxygen atoms in total. The van der Waals surface area contributed by atoms with E-state index in [2.05, 4.69) is 60.7 Å². The van der Waals surface area contributed by atoms with Crippen LogP contribution in [-0.4, -0.2) is 16.3 Å². The Bertz CT molecular complexity index is 540. The van der Waals surface area contributed by atoms with Crippen LogP contribution in [0.3, 0.4) is 0 Å². The van der Waals surface area contributed by atoms with Crippen molar-refractivity contribution in [2.24, 2.45) is 0 Å². The Kier molecular flexibility index (Phi) is 6.00. The molecule has 0 aliphatic carbocycles. The van der Waals surface area contributed by atoms with Crippen LogP contribution in [0.5, 0.6) is 0 Å². The topological polar surface area (TPSA) is 29.9 Å². The van der Waals surface area contributed by atoms with Crippen LogP contribution in [0.2, 0.25) is 0 Å². The summed E-state index contributed by atoms with van der Waals surface area (Å²) in [7, 11) is 0. The highest BCUT2D eigenvalue weighted by atomic mass is 32.1. The van der Waals surface area contributed by atoms with Gasteiger partial charge in [-0.3, -0.25) is 4.68 Å². The van der Waals surface area contributed by atoms with E-state index in [4.69, 9.17) is 5.10 Å². The standard InChI is InChI=1S/C17H27N3S/c1-5-15(6-2)20-9-8-14(19-20)10-17(18-7-3)16-12-21-11-13(16)4/h8-9,11-12,15,17-18H,5-7,10H2,1-4H3. The number of hydrogen-bond donors (Lipinski definition) is 1. The molecule has 0 saturated heterocycles. The van der Waals surface area contributed by atoms with E-state index in [1.54, 1.807) is 11.3 Å². The van der Waals surface area contributed by atoms with Crippen molar-refractivity contribution in [1.29, 1.82) is 0 Å². The summed E-state index contributed by atoms with van der Waals surface area (Å²) in [5.74, 6) is 0. The minimum absolute atomic E-state index is 0.367. The molecule has 2 rings (SSSR count). The van der Waals surface area contributed by atoms with Crippen LogP contribution in [0.4, 0.5) is 0 Å². The molecule has 0 amide bonds. The summed E-state index contributed by atoms with van der Waals surface area (Å²) < 4.78 is 2.14. The van der Waals surface area contributed by atoms with E-state index < -0.39 is 0 Å². The first-order valence-corrected chi connectivity index (χ1v) is 8.93. The van der Waals surface area contributed by atoms with Gasteiger partial charge in [0.2, 0.25) is 0 Å². The molecule has 1 atom stereocenters. The maximum Gasteiger partial charge on any atom is 0.0643 e. The van der Waals surface area contributed by atoms with Crippen LogP contribution in [0.1, 0.15) is 62.5 Å². The number of likely N-dealkylation sites (N-methyl/N-ethyl adjacent to an activating group) is 1. The third kappa shape index (κ3) is 3.95. The third-order valence-electron chi connectivity index (χ3n) is 4.11. The Morgan fingerprint density at radius 2 is 2.00 bits per heavy atom. The highest BCUT2D eigenvalue weighted by Gasteiger charge is 2.16. The lowest BCUT2D eigenvalue weighted by Crippen LogP contribution is -2.23. The van der Waals surface area contributed by atoms with Gasteiger partial charge in [0.15, 0.2) is 0 Å². The molecule has 0 saturated carbocycles. The molecule has 0 radical (unpaired) electrons. The van der Waals surface area contributed by atoms with Gasteiger partial charge in [0, 0.05) is 18.7 Å². The van der Waals surface area contributed by atoms with Gasteiger partial charge in [0.1, 0.15) is 0 Å². The molecule has 21 heavy (non-hydrogen) atoms. The minimum Gasteiger partial charge on any atom is -0.310 e. The van der Waals surface area contributed by atoms with Crippen molar-refractivity contribution < 1.29 is 0 Å². The fourth-order valence-electron chi connectivity index (χ4n) is 2.83. The van der Waals surface area contributed by atoms with Crippen molar-refractivity contribution >= 4 is 11.3 Å². The average molecular weight is 305 g/mol. The van der Waals surface area contributed by atoms with Crippen LogP contribution in [-0.2, 0) is 6.42 Å². The van der Waals surface area contributed by atoms with E-state index in [-0.39, 0.29) is 0 Å². The normalized spacial score (nSPS) is 13.0. The van der Waals surface area contributed by atoms with Crippen LogP contribution >= 0.6 is 11.3 Å². The summed E-state index contributed by atoms with van der Waals surface area (Å²) in [4.78, 5) is 0. The number of nitrogens with zero attached hydrogens (tertiary/aromatic N) is 2. The maximum atomic E-state index is 4.79. The van der Waals surface area contributed by atoms with E-state index in [0.717, 1.165) is 25.8 Å². The third-order valence-corrected chi connectivity index (χ3v) is 4.99. The largest absolute Gasteiger partial charge is 0.310 e. The van der Waals surface area contributed by atoms with Crippen LogP contribution < -0.4 is 5.32 Å². The van der Waals surface area contributed by atoms with Gasteiger partial charge in [-0.1, -0.05) is 20.8 Å². The lowest BCUT2D eigenvalue weighted by molar-refractivity contribution is 0.422. The highest BCUT2D eigenvalue weighted by molar-refractivity contribution is 7.08. The van der Waals surface area contributed by atoms with Crippen LogP contribution in [0.25, 0.3) is 0 Å². The van der Waals surface area contributed by atoms with Gasteiger partial charge in [-0.15, -0.1) is 0 Å². The molecule has 1 N–H and O–H groups in total. The molecule has 0 fully saturated rings. The Morgan fingerprint density at radius 3 is 2.57 bits per heavy atom. The Balaban J connectivity index is 2.12. The highest BCUT2D eigenvalue weighted by Crippen LogP contribution is 2.25. The molecule has 0 spiro atoms. The SMILES string of the molecule is CCNC(Cc1ccn(C(CC)CC)n1)c1cscc1C. The second-order valence-electron chi connectivity index (χ2n) is 5.58. The quantitative estimate of drug-likeness (QED) is 0.778. The minimum atomic E-state index is 0.367. The number of thiophene rings is 1. The second-order valence-corrected chi connectivity index (χ2v) is 6.33. The number of hydrogen-bond acceptors (Lipinski definition) is 3. The van der Waals surface area contributed by atoms with Crippen molar-refractivity contribution in [2.75, 3.05) is 6.54 Å². The molecule has 2 aromatic heterocycles. The Hall–Kier alpha value is -1.13. The summed E-state index contributed by atoms with van der Waals surface area (Å²) >= 11 is 1.78. The van der Waals surface area contributed by atoms with Crippen molar-refractivity contribution in [2.45, 2.75) is 59.0 Å². The van der Waals surface area contributed by atoms with E-state index in [1.165, 1.54) is 16.8 Å². The van der Waals surface area contributed by atoms with Gasteiger partial charge in [0.05, 0.1) is 11.7 Å². The molecule has 0 bridgehead atoms. The van der Waals surface area contributed by atoms with Crippen LogP contribution in [0, 0.1) is 6.92 Å². The first-order valence-electron chi connectivity index (χ1n) is 7.99. The van der Waals surface area contributed by atoms with Gasteiger partial charge in [-0.2, -0.15) is 16.4 Å². The zero-order valence-electron chi connectivity index (χ0n) is 13.6. The molecule has 1 unspecified atom stereocenters.